The maximum absolute atomic E-state index is 11.8. The van der Waals surface area contributed by atoms with Gasteiger partial charge in [0.25, 0.3) is 0 Å². The number of ether oxygens (including phenoxy) is 1. The van der Waals surface area contributed by atoms with Gasteiger partial charge in [0.15, 0.2) is 0 Å². The van der Waals surface area contributed by atoms with E-state index in [1.54, 1.807) is 0 Å². The summed E-state index contributed by atoms with van der Waals surface area (Å²) in [6, 6.07) is 0. The van der Waals surface area contributed by atoms with Crippen LogP contribution in [0.1, 0.15) is 26.2 Å². The van der Waals surface area contributed by atoms with Gasteiger partial charge in [-0.1, -0.05) is 25.6 Å². The first kappa shape index (κ1) is 13.4. The fraction of sp³-hybridized carbons (Fsp3) is 0.818. The van der Waals surface area contributed by atoms with Crippen molar-refractivity contribution in [2.45, 2.75) is 26.2 Å². The number of rotatable bonds is 6. The Balaban J connectivity index is 2.33. The van der Waals surface area contributed by atoms with Crippen LogP contribution in [0.25, 0.3) is 0 Å². The smallest absolute Gasteiger partial charge is 0.229 e. The second-order valence-electron chi connectivity index (χ2n) is 4.22. The molecule has 1 heterocycles. The standard InChI is InChI=1S/C11H20N2O2S/c1-2-3-9(10(12)16)11(14)13-6-8-4-5-15-7-8/h8-9H,2-7H2,1H3,(H2,12,16)(H,13,14). The van der Waals surface area contributed by atoms with Crippen molar-refractivity contribution in [1.82, 2.24) is 5.32 Å². The Kier molecular flexibility index (Phi) is 5.69. The fourth-order valence-corrected chi connectivity index (χ4v) is 2.03. The molecular weight excluding hydrogens is 224 g/mol. The summed E-state index contributed by atoms with van der Waals surface area (Å²) in [6.07, 6.45) is 2.65. The monoisotopic (exact) mass is 244 g/mol. The van der Waals surface area contributed by atoms with E-state index in [0.29, 0.717) is 17.5 Å². The minimum atomic E-state index is -0.317. The minimum Gasteiger partial charge on any atom is -0.393 e. The largest absolute Gasteiger partial charge is 0.393 e. The maximum atomic E-state index is 11.8. The molecule has 1 fully saturated rings. The third-order valence-electron chi connectivity index (χ3n) is 2.83. The number of hydrogen-bond acceptors (Lipinski definition) is 3. The zero-order chi connectivity index (χ0) is 12.0. The van der Waals surface area contributed by atoms with Crippen molar-refractivity contribution in [2.75, 3.05) is 19.8 Å². The summed E-state index contributed by atoms with van der Waals surface area (Å²) in [4.78, 5) is 12.1. The molecule has 1 aliphatic heterocycles. The number of carbonyl (C=O) groups excluding carboxylic acids is 1. The van der Waals surface area contributed by atoms with Gasteiger partial charge in [-0.25, -0.2) is 0 Å². The summed E-state index contributed by atoms with van der Waals surface area (Å²) in [7, 11) is 0. The quantitative estimate of drug-likeness (QED) is 0.680. The average Bonchev–Trinajstić information content (AvgIpc) is 2.75. The summed E-state index contributed by atoms with van der Waals surface area (Å²) in [5, 5.41) is 2.90. The molecule has 0 aromatic heterocycles. The molecule has 1 amide bonds. The van der Waals surface area contributed by atoms with Gasteiger partial charge in [0.2, 0.25) is 5.91 Å². The Morgan fingerprint density at radius 3 is 2.94 bits per heavy atom. The van der Waals surface area contributed by atoms with Crippen molar-refractivity contribution < 1.29 is 9.53 Å². The number of thiocarbonyl (C=S) groups is 1. The van der Waals surface area contributed by atoms with E-state index in [1.807, 2.05) is 6.92 Å². The van der Waals surface area contributed by atoms with Gasteiger partial charge in [0, 0.05) is 19.1 Å². The molecule has 4 nitrogen and oxygen atoms in total. The Hall–Kier alpha value is -0.680. The van der Waals surface area contributed by atoms with E-state index in [9.17, 15) is 4.79 Å². The van der Waals surface area contributed by atoms with Gasteiger partial charge in [-0.15, -0.1) is 0 Å². The SMILES string of the molecule is CCCC(C(=O)NCC1CCOC1)C(N)=S. The van der Waals surface area contributed by atoms with Crippen LogP contribution in [0.3, 0.4) is 0 Å². The van der Waals surface area contributed by atoms with Gasteiger partial charge in [0.1, 0.15) is 0 Å². The van der Waals surface area contributed by atoms with Gasteiger partial charge in [-0.2, -0.15) is 0 Å². The van der Waals surface area contributed by atoms with Gasteiger partial charge in [-0.3, -0.25) is 4.79 Å². The van der Waals surface area contributed by atoms with Crippen molar-refractivity contribution in [3.63, 3.8) is 0 Å². The summed E-state index contributed by atoms with van der Waals surface area (Å²) < 4.78 is 5.24. The van der Waals surface area contributed by atoms with Crippen molar-refractivity contribution in [3.8, 4) is 0 Å². The Morgan fingerprint density at radius 2 is 2.44 bits per heavy atom. The van der Waals surface area contributed by atoms with E-state index in [4.69, 9.17) is 22.7 Å². The molecular formula is C11H20N2O2S. The summed E-state index contributed by atoms with van der Waals surface area (Å²) in [5.74, 6) is 0.0844. The Morgan fingerprint density at radius 1 is 1.69 bits per heavy atom. The highest BCUT2D eigenvalue weighted by molar-refractivity contribution is 7.80. The van der Waals surface area contributed by atoms with E-state index < -0.39 is 0 Å². The third-order valence-corrected chi connectivity index (χ3v) is 3.11. The normalized spacial score (nSPS) is 21.7. The number of hydrogen-bond donors (Lipinski definition) is 2. The van der Waals surface area contributed by atoms with Crippen LogP contribution >= 0.6 is 12.2 Å². The van der Waals surface area contributed by atoms with Crippen molar-refractivity contribution in [1.29, 1.82) is 0 Å². The lowest BCUT2D eigenvalue weighted by atomic mass is 10.0. The minimum absolute atomic E-state index is 0.0405. The molecule has 1 aliphatic rings. The molecule has 0 saturated carbocycles. The van der Waals surface area contributed by atoms with E-state index in [0.717, 1.165) is 32.5 Å². The van der Waals surface area contributed by atoms with Crippen molar-refractivity contribution in [2.24, 2.45) is 17.6 Å². The summed E-state index contributed by atoms with van der Waals surface area (Å²) in [5.41, 5.74) is 5.55. The highest BCUT2D eigenvalue weighted by Gasteiger charge is 2.22. The third kappa shape index (κ3) is 4.06. The Bertz CT molecular complexity index is 252. The van der Waals surface area contributed by atoms with Crippen molar-refractivity contribution in [3.05, 3.63) is 0 Å². The van der Waals surface area contributed by atoms with Crippen molar-refractivity contribution >= 4 is 23.1 Å². The Labute approximate surface area is 102 Å². The van der Waals surface area contributed by atoms with Crippen LogP contribution in [0, 0.1) is 11.8 Å². The van der Waals surface area contributed by atoms with E-state index in [-0.39, 0.29) is 11.8 Å². The predicted octanol–water partition coefficient (Wildman–Crippen LogP) is 0.842. The molecule has 1 rings (SSSR count). The molecule has 0 spiro atoms. The fourth-order valence-electron chi connectivity index (χ4n) is 1.80. The maximum Gasteiger partial charge on any atom is 0.229 e. The predicted molar refractivity (Wildman–Crippen MR) is 67.1 cm³/mol. The lowest BCUT2D eigenvalue weighted by Gasteiger charge is -2.16. The molecule has 0 bridgehead atoms. The summed E-state index contributed by atoms with van der Waals surface area (Å²) in [6.45, 7) is 4.23. The average molecular weight is 244 g/mol. The van der Waals surface area contributed by atoms with Gasteiger partial charge < -0.3 is 15.8 Å². The molecule has 0 aromatic carbocycles. The topological polar surface area (TPSA) is 64.3 Å². The second kappa shape index (κ2) is 6.81. The highest BCUT2D eigenvalue weighted by Crippen LogP contribution is 2.12. The molecule has 16 heavy (non-hydrogen) atoms. The lowest BCUT2D eigenvalue weighted by Crippen LogP contribution is -2.40. The van der Waals surface area contributed by atoms with Gasteiger partial charge in [-0.05, 0) is 12.8 Å². The zero-order valence-corrected chi connectivity index (χ0v) is 10.5. The molecule has 1 saturated heterocycles. The first-order valence-electron chi connectivity index (χ1n) is 5.80. The molecule has 2 unspecified atom stereocenters. The van der Waals surface area contributed by atoms with E-state index in [1.165, 1.54) is 0 Å². The van der Waals surface area contributed by atoms with Crippen LogP contribution < -0.4 is 11.1 Å². The molecule has 3 N–H and O–H groups in total. The van der Waals surface area contributed by atoms with E-state index >= 15 is 0 Å². The number of nitrogens with one attached hydrogen (secondary N) is 1. The first-order chi connectivity index (χ1) is 7.65. The van der Waals surface area contributed by atoms with Crippen LogP contribution in [0.15, 0.2) is 0 Å². The van der Waals surface area contributed by atoms with Crippen LogP contribution in [0.4, 0.5) is 0 Å². The van der Waals surface area contributed by atoms with Gasteiger partial charge in [0.05, 0.1) is 17.5 Å². The number of carbonyl (C=O) groups is 1. The second-order valence-corrected chi connectivity index (χ2v) is 4.69. The summed E-state index contributed by atoms with van der Waals surface area (Å²) >= 11 is 4.90. The number of amides is 1. The molecule has 0 aromatic rings. The van der Waals surface area contributed by atoms with E-state index in [2.05, 4.69) is 5.32 Å². The van der Waals surface area contributed by atoms with Crippen LogP contribution in [-0.2, 0) is 9.53 Å². The molecule has 92 valence electrons. The van der Waals surface area contributed by atoms with Crippen LogP contribution in [0.5, 0.6) is 0 Å². The highest BCUT2D eigenvalue weighted by atomic mass is 32.1. The van der Waals surface area contributed by atoms with Gasteiger partial charge >= 0.3 is 0 Å². The molecule has 5 heteroatoms. The molecule has 0 aliphatic carbocycles. The molecule has 2 atom stereocenters. The first-order valence-corrected chi connectivity index (χ1v) is 6.20. The zero-order valence-electron chi connectivity index (χ0n) is 9.70. The molecule has 0 radical (unpaired) electrons. The van der Waals surface area contributed by atoms with Crippen LogP contribution in [-0.4, -0.2) is 30.7 Å². The lowest BCUT2D eigenvalue weighted by molar-refractivity contribution is -0.123. The van der Waals surface area contributed by atoms with Crippen LogP contribution in [0.2, 0.25) is 0 Å². The number of nitrogens with two attached hydrogens (primary N) is 1.